The van der Waals surface area contributed by atoms with E-state index in [9.17, 15) is 0 Å². The Hall–Kier alpha value is -1.20. The van der Waals surface area contributed by atoms with Crippen molar-refractivity contribution in [1.29, 1.82) is 0 Å². The molecule has 0 aliphatic carbocycles. The van der Waals surface area contributed by atoms with Gasteiger partial charge in [-0.25, -0.2) is 9.97 Å². The second-order valence-corrected chi connectivity index (χ2v) is 3.54. The zero-order chi connectivity index (χ0) is 10.5. The van der Waals surface area contributed by atoms with Gasteiger partial charge in [-0.1, -0.05) is 0 Å². The van der Waals surface area contributed by atoms with Crippen molar-refractivity contribution in [2.75, 3.05) is 25.0 Å². The Morgan fingerprint density at radius 2 is 2.47 bits per heavy atom. The lowest BCUT2D eigenvalue weighted by atomic mass is 10.1. The molecular formula is C10H16N4O. The molecule has 1 aromatic heterocycles. The Balaban J connectivity index is 2.00. The van der Waals surface area contributed by atoms with Gasteiger partial charge in [0.2, 0.25) is 5.95 Å². The molecule has 2 heterocycles. The average Bonchev–Trinajstić information content (AvgIpc) is 2.29. The van der Waals surface area contributed by atoms with Crippen LogP contribution in [0.25, 0.3) is 0 Å². The van der Waals surface area contributed by atoms with Crippen LogP contribution in [0.5, 0.6) is 0 Å². The molecule has 0 amide bonds. The maximum absolute atomic E-state index is 5.41. The number of hydrogen-bond acceptors (Lipinski definition) is 5. The Morgan fingerprint density at radius 1 is 1.53 bits per heavy atom. The molecule has 3 N–H and O–H groups in total. The Labute approximate surface area is 89.1 Å². The third-order valence-electron chi connectivity index (χ3n) is 2.36. The van der Waals surface area contributed by atoms with Gasteiger partial charge in [0.05, 0.1) is 18.9 Å². The van der Waals surface area contributed by atoms with E-state index in [1.165, 1.54) is 0 Å². The third-order valence-corrected chi connectivity index (χ3v) is 2.36. The van der Waals surface area contributed by atoms with Crippen LogP contribution in [-0.2, 0) is 17.8 Å². The summed E-state index contributed by atoms with van der Waals surface area (Å²) in [6.45, 7) is 2.90. The van der Waals surface area contributed by atoms with E-state index in [1.807, 2.05) is 6.20 Å². The number of aromatic nitrogens is 2. The zero-order valence-electron chi connectivity index (χ0n) is 8.70. The van der Waals surface area contributed by atoms with Crippen LogP contribution in [0.2, 0.25) is 0 Å². The van der Waals surface area contributed by atoms with Gasteiger partial charge in [0.1, 0.15) is 0 Å². The van der Waals surface area contributed by atoms with E-state index in [4.69, 9.17) is 10.5 Å². The lowest BCUT2D eigenvalue weighted by molar-refractivity contribution is 0.109. The fraction of sp³-hybridized carbons (Fsp3) is 0.600. The molecule has 0 bridgehead atoms. The maximum Gasteiger partial charge on any atom is 0.222 e. The molecule has 0 fully saturated rings. The molecule has 82 valence electrons. The Bertz CT molecular complexity index is 329. The quantitative estimate of drug-likeness (QED) is 0.697. The average molecular weight is 208 g/mol. The summed E-state index contributed by atoms with van der Waals surface area (Å²) in [5.41, 5.74) is 7.61. The van der Waals surface area contributed by atoms with Gasteiger partial charge in [-0.15, -0.1) is 0 Å². The summed E-state index contributed by atoms with van der Waals surface area (Å²) in [7, 11) is 0. The summed E-state index contributed by atoms with van der Waals surface area (Å²) < 4.78 is 5.32. The summed E-state index contributed by atoms with van der Waals surface area (Å²) in [5.74, 6) is 0.698. The van der Waals surface area contributed by atoms with E-state index < -0.39 is 0 Å². The van der Waals surface area contributed by atoms with Crippen molar-refractivity contribution in [2.45, 2.75) is 19.4 Å². The number of anilines is 1. The molecule has 0 atom stereocenters. The number of nitrogens with zero attached hydrogens (tertiary/aromatic N) is 2. The summed E-state index contributed by atoms with van der Waals surface area (Å²) in [6.07, 6.45) is 3.65. The standard InChI is InChI=1S/C10H16N4O/c11-3-1-4-12-10-13-6-8-7-15-5-2-9(8)14-10/h6H,1-5,7,11H2,(H,12,13,14). The van der Waals surface area contributed by atoms with E-state index in [-0.39, 0.29) is 0 Å². The van der Waals surface area contributed by atoms with Crippen LogP contribution in [0, 0.1) is 0 Å². The smallest absolute Gasteiger partial charge is 0.222 e. The van der Waals surface area contributed by atoms with E-state index in [2.05, 4.69) is 15.3 Å². The van der Waals surface area contributed by atoms with Gasteiger partial charge < -0.3 is 15.8 Å². The maximum atomic E-state index is 5.41. The predicted molar refractivity (Wildman–Crippen MR) is 57.6 cm³/mol. The molecule has 0 radical (unpaired) electrons. The molecule has 0 saturated heterocycles. The molecule has 5 nitrogen and oxygen atoms in total. The SMILES string of the molecule is NCCCNc1ncc2c(n1)CCOC2. The minimum absolute atomic E-state index is 0.637. The highest BCUT2D eigenvalue weighted by Gasteiger charge is 2.11. The summed E-state index contributed by atoms with van der Waals surface area (Å²) >= 11 is 0. The summed E-state index contributed by atoms with van der Waals surface area (Å²) in [6, 6.07) is 0. The molecule has 0 aromatic carbocycles. The van der Waals surface area contributed by atoms with Gasteiger partial charge in [-0.3, -0.25) is 0 Å². The van der Waals surface area contributed by atoms with Crippen molar-refractivity contribution in [1.82, 2.24) is 9.97 Å². The van der Waals surface area contributed by atoms with Crippen molar-refractivity contribution in [3.8, 4) is 0 Å². The molecule has 1 aromatic rings. The van der Waals surface area contributed by atoms with Gasteiger partial charge in [-0.2, -0.15) is 0 Å². The van der Waals surface area contributed by atoms with Crippen LogP contribution < -0.4 is 11.1 Å². The molecule has 15 heavy (non-hydrogen) atoms. The lowest BCUT2D eigenvalue weighted by Gasteiger charge is -2.15. The van der Waals surface area contributed by atoms with E-state index in [0.29, 0.717) is 19.1 Å². The fourth-order valence-corrected chi connectivity index (χ4v) is 1.52. The molecule has 0 unspecified atom stereocenters. The van der Waals surface area contributed by atoms with E-state index in [1.54, 1.807) is 0 Å². The molecular weight excluding hydrogens is 192 g/mol. The van der Waals surface area contributed by atoms with Crippen LogP contribution in [0.1, 0.15) is 17.7 Å². The minimum atomic E-state index is 0.637. The molecule has 1 aliphatic rings. The topological polar surface area (TPSA) is 73.1 Å². The zero-order valence-corrected chi connectivity index (χ0v) is 8.70. The molecule has 1 aliphatic heterocycles. The first-order valence-corrected chi connectivity index (χ1v) is 5.26. The van der Waals surface area contributed by atoms with Gasteiger partial charge in [0.25, 0.3) is 0 Å². The van der Waals surface area contributed by atoms with Crippen molar-refractivity contribution < 1.29 is 4.74 Å². The molecule has 2 rings (SSSR count). The van der Waals surface area contributed by atoms with Gasteiger partial charge in [0, 0.05) is 24.7 Å². The summed E-state index contributed by atoms with van der Waals surface area (Å²) in [5, 5.41) is 3.15. The molecule has 0 spiro atoms. The predicted octanol–water partition coefficient (Wildman–Crippen LogP) is 0.310. The molecule has 5 heteroatoms. The highest BCUT2D eigenvalue weighted by Crippen LogP contribution is 2.14. The van der Waals surface area contributed by atoms with E-state index in [0.717, 1.165) is 37.3 Å². The van der Waals surface area contributed by atoms with Gasteiger partial charge >= 0.3 is 0 Å². The largest absolute Gasteiger partial charge is 0.376 e. The first-order valence-electron chi connectivity index (χ1n) is 5.26. The number of rotatable bonds is 4. The number of nitrogens with one attached hydrogen (secondary N) is 1. The van der Waals surface area contributed by atoms with Crippen LogP contribution in [0.15, 0.2) is 6.20 Å². The van der Waals surface area contributed by atoms with Crippen LogP contribution in [0.3, 0.4) is 0 Å². The van der Waals surface area contributed by atoms with Gasteiger partial charge in [0.15, 0.2) is 0 Å². The second kappa shape index (κ2) is 5.04. The minimum Gasteiger partial charge on any atom is -0.376 e. The second-order valence-electron chi connectivity index (χ2n) is 3.54. The van der Waals surface area contributed by atoms with Crippen LogP contribution in [-0.4, -0.2) is 29.7 Å². The first kappa shape index (κ1) is 10.3. The highest BCUT2D eigenvalue weighted by atomic mass is 16.5. The normalized spacial score (nSPS) is 14.7. The van der Waals surface area contributed by atoms with Crippen LogP contribution in [0.4, 0.5) is 5.95 Å². The fourth-order valence-electron chi connectivity index (χ4n) is 1.52. The van der Waals surface area contributed by atoms with Crippen molar-refractivity contribution in [3.63, 3.8) is 0 Å². The summed E-state index contributed by atoms with van der Waals surface area (Å²) in [4.78, 5) is 8.66. The number of fused-ring (bicyclic) bond motifs is 1. The number of nitrogens with two attached hydrogens (primary N) is 1. The van der Waals surface area contributed by atoms with E-state index >= 15 is 0 Å². The van der Waals surface area contributed by atoms with Crippen LogP contribution >= 0.6 is 0 Å². The molecule has 0 saturated carbocycles. The Morgan fingerprint density at radius 3 is 3.33 bits per heavy atom. The number of ether oxygens (including phenoxy) is 1. The Kier molecular flexibility index (Phi) is 3.47. The monoisotopic (exact) mass is 208 g/mol. The van der Waals surface area contributed by atoms with Crippen molar-refractivity contribution in [2.24, 2.45) is 5.73 Å². The van der Waals surface area contributed by atoms with Gasteiger partial charge in [-0.05, 0) is 13.0 Å². The lowest BCUT2D eigenvalue weighted by Crippen LogP contribution is -2.15. The first-order chi connectivity index (χ1) is 7.40. The third kappa shape index (κ3) is 2.64. The number of hydrogen-bond donors (Lipinski definition) is 2. The highest BCUT2D eigenvalue weighted by molar-refractivity contribution is 5.30. The van der Waals surface area contributed by atoms with Crippen molar-refractivity contribution in [3.05, 3.63) is 17.5 Å². The van der Waals surface area contributed by atoms with Crippen molar-refractivity contribution >= 4 is 5.95 Å².